The molecular formula is C21H24ClNO3. The number of aliphatic carboxylic acids is 1. The Morgan fingerprint density at radius 3 is 2.65 bits per heavy atom. The lowest BCUT2D eigenvalue weighted by molar-refractivity contribution is -0.141. The second kappa shape index (κ2) is 8.00. The number of para-hydroxylation sites is 1. The van der Waals surface area contributed by atoms with Crippen molar-refractivity contribution in [2.45, 2.75) is 26.7 Å². The molecule has 3 rings (SSSR count). The van der Waals surface area contributed by atoms with Crippen LogP contribution >= 0.6 is 11.6 Å². The second-order valence-corrected chi connectivity index (χ2v) is 7.27. The van der Waals surface area contributed by atoms with Crippen molar-refractivity contribution >= 4 is 23.3 Å². The summed E-state index contributed by atoms with van der Waals surface area (Å²) in [6.07, 6.45) is 1.42. The first kappa shape index (κ1) is 18.6. The Hall–Kier alpha value is -2.20. The maximum absolute atomic E-state index is 11.5. The molecule has 0 saturated heterocycles. The van der Waals surface area contributed by atoms with Crippen LogP contribution in [0.25, 0.3) is 0 Å². The molecule has 0 aromatic heterocycles. The Morgan fingerprint density at radius 1 is 1.27 bits per heavy atom. The topological polar surface area (TPSA) is 49.8 Å². The molecule has 4 nitrogen and oxygen atoms in total. The largest absolute Gasteiger partial charge is 0.494 e. The Kier molecular flexibility index (Phi) is 5.72. The smallest absolute Gasteiger partial charge is 0.308 e. The zero-order valence-corrected chi connectivity index (χ0v) is 15.9. The van der Waals surface area contributed by atoms with E-state index in [-0.39, 0.29) is 5.92 Å². The lowest BCUT2D eigenvalue weighted by atomic mass is 9.92. The van der Waals surface area contributed by atoms with Crippen LogP contribution in [-0.2, 0) is 11.2 Å². The number of fused-ring (bicyclic) bond motifs is 1. The van der Waals surface area contributed by atoms with Gasteiger partial charge in [0.15, 0.2) is 0 Å². The quantitative estimate of drug-likeness (QED) is 0.758. The molecule has 0 aliphatic carbocycles. The minimum Gasteiger partial charge on any atom is -0.494 e. The van der Waals surface area contributed by atoms with Gasteiger partial charge < -0.3 is 14.7 Å². The van der Waals surface area contributed by atoms with Crippen molar-refractivity contribution in [2.24, 2.45) is 5.92 Å². The van der Waals surface area contributed by atoms with Crippen LogP contribution in [0.3, 0.4) is 0 Å². The van der Waals surface area contributed by atoms with Gasteiger partial charge in [-0.05, 0) is 61.6 Å². The molecule has 0 bridgehead atoms. The number of carboxylic acid groups (broad SMARTS) is 1. The average molecular weight is 374 g/mol. The number of carboxylic acids is 1. The van der Waals surface area contributed by atoms with Gasteiger partial charge in [-0.1, -0.05) is 29.8 Å². The summed E-state index contributed by atoms with van der Waals surface area (Å²) in [7, 11) is 0. The van der Waals surface area contributed by atoms with Crippen molar-refractivity contribution in [3.8, 4) is 5.75 Å². The van der Waals surface area contributed by atoms with Gasteiger partial charge in [0.25, 0.3) is 0 Å². The van der Waals surface area contributed by atoms with E-state index < -0.39 is 5.97 Å². The summed E-state index contributed by atoms with van der Waals surface area (Å²) in [6, 6.07) is 12.0. The highest BCUT2D eigenvalue weighted by molar-refractivity contribution is 6.32. The van der Waals surface area contributed by atoms with Crippen molar-refractivity contribution in [3.63, 3.8) is 0 Å². The van der Waals surface area contributed by atoms with Crippen molar-refractivity contribution < 1.29 is 14.6 Å². The van der Waals surface area contributed by atoms with Crippen molar-refractivity contribution in [3.05, 3.63) is 58.1 Å². The molecule has 0 radical (unpaired) electrons. The molecule has 5 heteroatoms. The summed E-state index contributed by atoms with van der Waals surface area (Å²) >= 11 is 6.19. The van der Waals surface area contributed by atoms with Gasteiger partial charge in [-0.25, -0.2) is 0 Å². The minimum atomic E-state index is -0.729. The maximum atomic E-state index is 11.5. The molecule has 26 heavy (non-hydrogen) atoms. The summed E-state index contributed by atoms with van der Waals surface area (Å²) in [6.45, 7) is 5.84. The standard InChI is InChI=1S/C21H24ClNO3/c1-14-10-18(11-15(2)20(14)22)26-9-5-8-23-13-17(21(24)25)12-16-6-3-4-7-19(16)23/h3-4,6-7,10-11,17H,5,8-9,12-13H2,1-2H3,(H,24,25)/t17-/m0/s1. The number of nitrogens with zero attached hydrogens (tertiary/aromatic N) is 1. The summed E-state index contributed by atoms with van der Waals surface area (Å²) < 4.78 is 5.87. The fourth-order valence-corrected chi connectivity index (χ4v) is 3.61. The van der Waals surface area contributed by atoms with E-state index in [1.54, 1.807) is 0 Å². The fraction of sp³-hybridized carbons (Fsp3) is 0.381. The summed E-state index contributed by atoms with van der Waals surface area (Å²) in [4.78, 5) is 13.6. The normalized spacial score (nSPS) is 16.3. The van der Waals surface area contributed by atoms with Crippen LogP contribution in [0.2, 0.25) is 5.02 Å². The van der Waals surface area contributed by atoms with Gasteiger partial charge in [0.1, 0.15) is 5.75 Å². The van der Waals surface area contributed by atoms with E-state index in [4.69, 9.17) is 16.3 Å². The molecule has 0 unspecified atom stereocenters. The number of anilines is 1. The van der Waals surface area contributed by atoms with Crippen molar-refractivity contribution in [1.82, 2.24) is 0 Å². The van der Waals surface area contributed by atoms with E-state index in [0.717, 1.165) is 46.1 Å². The molecule has 1 aliphatic rings. The number of halogens is 1. The van der Waals surface area contributed by atoms with Gasteiger partial charge in [-0.2, -0.15) is 0 Å². The lowest BCUT2D eigenvalue weighted by Gasteiger charge is -2.34. The molecule has 1 N–H and O–H groups in total. The molecule has 0 amide bonds. The lowest BCUT2D eigenvalue weighted by Crippen LogP contribution is -2.39. The molecule has 138 valence electrons. The summed E-state index contributed by atoms with van der Waals surface area (Å²) in [5.74, 6) is -0.257. The molecule has 0 saturated carbocycles. The zero-order chi connectivity index (χ0) is 18.7. The molecular weight excluding hydrogens is 350 g/mol. The third-order valence-corrected chi connectivity index (χ3v) is 5.44. The predicted octanol–water partition coefficient (Wildman–Crippen LogP) is 4.49. The van der Waals surface area contributed by atoms with E-state index >= 15 is 0 Å². The number of carbonyl (C=O) groups is 1. The van der Waals surface area contributed by atoms with Crippen LogP contribution in [0.5, 0.6) is 5.75 Å². The van der Waals surface area contributed by atoms with E-state index in [0.29, 0.717) is 19.6 Å². The van der Waals surface area contributed by atoms with Crippen molar-refractivity contribution in [2.75, 3.05) is 24.6 Å². The van der Waals surface area contributed by atoms with Crippen LogP contribution < -0.4 is 9.64 Å². The van der Waals surface area contributed by atoms with Gasteiger partial charge in [-0.3, -0.25) is 4.79 Å². The number of hydrogen-bond donors (Lipinski definition) is 1. The summed E-state index contributed by atoms with van der Waals surface area (Å²) in [5.41, 5.74) is 4.27. The number of ether oxygens (including phenoxy) is 1. The molecule has 1 heterocycles. The van der Waals surface area contributed by atoms with Gasteiger partial charge in [0.05, 0.1) is 12.5 Å². The van der Waals surface area contributed by atoms with E-state index in [1.807, 2.05) is 44.2 Å². The minimum absolute atomic E-state index is 0.354. The Labute approximate surface area is 159 Å². The number of aryl methyl sites for hydroxylation is 2. The SMILES string of the molecule is Cc1cc(OCCCN2C[C@@H](C(=O)O)Cc3ccccc32)cc(C)c1Cl. The Balaban J connectivity index is 1.60. The van der Waals surface area contributed by atoms with Crippen molar-refractivity contribution in [1.29, 1.82) is 0 Å². The average Bonchev–Trinajstić information content (AvgIpc) is 2.62. The van der Waals surface area contributed by atoms with Crippen LogP contribution in [0, 0.1) is 19.8 Å². The first-order chi connectivity index (χ1) is 12.5. The van der Waals surface area contributed by atoms with E-state index in [1.165, 1.54) is 0 Å². The molecule has 2 aromatic rings. The van der Waals surface area contributed by atoms with E-state index in [9.17, 15) is 9.90 Å². The molecule has 1 aliphatic heterocycles. The van der Waals surface area contributed by atoms with Gasteiger partial charge >= 0.3 is 5.97 Å². The highest BCUT2D eigenvalue weighted by Gasteiger charge is 2.28. The third kappa shape index (κ3) is 4.13. The highest BCUT2D eigenvalue weighted by Crippen LogP contribution is 2.30. The van der Waals surface area contributed by atoms with Gasteiger partial charge in [0.2, 0.25) is 0 Å². The molecule has 1 atom stereocenters. The van der Waals surface area contributed by atoms with Crippen LogP contribution in [0.4, 0.5) is 5.69 Å². The predicted molar refractivity (Wildman–Crippen MR) is 105 cm³/mol. The molecule has 0 spiro atoms. The Morgan fingerprint density at radius 2 is 1.96 bits per heavy atom. The number of rotatable bonds is 6. The number of benzene rings is 2. The summed E-state index contributed by atoms with van der Waals surface area (Å²) in [5, 5.41) is 10.2. The third-order valence-electron chi connectivity index (χ3n) is 4.84. The van der Waals surface area contributed by atoms with Crippen LogP contribution in [0.1, 0.15) is 23.1 Å². The highest BCUT2D eigenvalue weighted by atomic mass is 35.5. The molecule has 0 fully saturated rings. The molecule has 2 aromatic carbocycles. The van der Waals surface area contributed by atoms with Gasteiger partial charge in [-0.15, -0.1) is 0 Å². The van der Waals surface area contributed by atoms with Crippen LogP contribution in [-0.4, -0.2) is 30.8 Å². The Bertz CT molecular complexity index is 783. The maximum Gasteiger partial charge on any atom is 0.308 e. The van der Waals surface area contributed by atoms with Crippen LogP contribution in [0.15, 0.2) is 36.4 Å². The van der Waals surface area contributed by atoms with E-state index in [2.05, 4.69) is 11.0 Å². The van der Waals surface area contributed by atoms with Gasteiger partial charge in [0, 0.05) is 23.8 Å². The fourth-order valence-electron chi connectivity index (χ4n) is 3.50. The second-order valence-electron chi connectivity index (χ2n) is 6.89. The number of hydrogen-bond acceptors (Lipinski definition) is 3. The zero-order valence-electron chi connectivity index (χ0n) is 15.2. The first-order valence-electron chi connectivity index (χ1n) is 8.91. The first-order valence-corrected chi connectivity index (χ1v) is 9.28. The monoisotopic (exact) mass is 373 g/mol.